The second-order valence-electron chi connectivity index (χ2n) is 10.3. The van der Waals surface area contributed by atoms with Gasteiger partial charge in [0.25, 0.3) is 5.91 Å². The molecule has 9 heteroatoms. The largest absolute Gasteiger partial charge is 0.386 e. The normalized spacial score (nSPS) is 16.6. The monoisotopic (exact) mass is 511 g/mol. The Morgan fingerprint density at radius 1 is 1.00 bits per heavy atom. The van der Waals surface area contributed by atoms with E-state index in [9.17, 15) is 19.5 Å². The van der Waals surface area contributed by atoms with Gasteiger partial charge in [0.1, 0.15) is 6.54 Å². The molecule has 0 spiro atoms. The van der Waals surface area contributed by atoms with Gasteiger partial charge in [0, 0.05) is 30.9 Å². The van der Waals surface area contributed by atoms with Crippen molar-refractivity contribution >= 4 is 34.2 Å². The maximum absolute atomic E-state index is 13.5. The number of hydrogen-bond donors (Lipinski definition) is 4. The first-order valence-electron chi connectivity index (χ1n) is 12.6. The fraction of sp³-hybridized carbons (Fsp3) is 0.310. The van der Waals surface area contributed by atoms with Crippen molar-refractivity contribution in [3.63, 3.8) is 0 Å². The summed E-state index contributed by atoms with van der Waals surface area (Å²) < 4.78 is 0. The first kappa shape index (κ1) is 25.2. The number of carbonyl (C=O) groups is 3. The first-order chi connectivity index (χ1) is 18.2. The van der Waals surface area contributed by atoms with E-state index in [0.29, 0.717) is 24.2 Å². The van der Waals surface area contributed by atoms with Gasteiger partial charge >= 0.3 is 11.8 Å². The van der Waals surface area contributed by atoms with Gasteiger partial charge in [0.05, 0.1) is 17.2 Å². The molecular formula is C29H29N5O4. The van der Waals surface area contributed by atoms with Crippen LogP contribution in [0.1, 0.15) is 41.3 Å². The van der Waals surface area contributed by atoms with Crippen molar-refractivity contribution in [2.45, 2.75) is 37.5 Å². The molecule has 4 N–H and O–H groups in total. The van der Waals surface area contributed by atoms with Crippen LogP contribution in [0.2, 0.25) is 0 Å². The molecule has 1 heterocycles. The standard InChI is InChI=1S/C29H29N5O4/c1-28(38)17-34(18-28)21-14-19-6-2-4-8-22(19)24(15-21)29(10-11-29)33-25(35)23-9-5-3-7-20(23)16-32-27(37)26(36)31-13-12-30/h2-9,14-15,38H,10-11,13,16-18H2,1H3,(H,31,36)(H,32,37)(H,33,35). The molecule has 9 nitrogen and oxygen atoms in total. The van der Waals surface area contributed by atoms with Crippen LogP contribution in [0.4, 0.5) is 5.69 Å². The predicted octanol–water partition coefficient (Wildman–Crippen LogP) is 2.09. The van der Waals surface area contributed by atoms with E-state index in [1.54, 1.807) is 30.3 Å². The highest BCUT2D eigenvalue weighted by atomic mass is 16.3. The molecule has 38 heavy (non-hydrogen) atoms. The summed E-state index contributed by atoms with van der Waals surface area (Å²) in [6.45, 7) is 2.66. The van der Waals surface area contributed by atoms with Crippen molar-refractivity contribution < 1.29 is 19.5 Å². The zero-order chi connectivity index (χ0) is 26.9. The van der Waals surface area contributed by atoms with E-state index in [1.807, 2.05) is 19.1 Å². The number of anilines is 1. The molecule has 1 aliphatic heterocycles. The minimum atomic E-state index is -0.902. The molecule has 3 aromatic rings. The number of fused-ring (bicyclic) bond motifs is 1. The van der Waals surface area contributed by atoms with Crippen LogP contribution in [0, 0.1) is 11.3 Å². The zero-order valence-corrected chi connectivity index (χ0v) is 21.1. The van der Waals surface area contributed by atoms with Gasteiger partial charge in [-0.05, 0) is 59.9 Å². The van der Waals surface area contributed by atoms with E-state index in [-0.39, 0.29) is 19.0 Å². The first-order valence-corrected chi connectivity index (χ1v) is 12.6. The molecular weight excluding hydrogens is 482 g/mol. The Morgan fingerprint density at radius 2 is 1.68 bits per heavy atom. The summed E-state index contributed by atoms with van der Waals surface area (Å²) in [6, 6.07) is 21.0. The van der Waals surface area contributed by atoms with Gasteiger partial charge in [0.15, 0.2) is 0 Å². The van der Waals surface area contributed by atoms with Crippen molar-refractivity contribution in [2.24, 2.45) is 0 Å². The second kappa shape index (κ2) is 9.80. The van der Waals surface area contributed by atoms with Gasteiger partial charge < -0.3 is 26.0 Å². The van der Waals surface area contributed by atoms with Crippen LogP contribution in [-0.2, 0) is 21.7 Å². The van der Waals surface area contributed by atoms with Crippen molar-refractivity contribution in [2.75, 3.05) is 24.5 Å². The lowest BCUT2D eigenvalue weighted by Gasteiger charge is -2.46. The van der Waals surface area contributed by atoms with Gasteiger partial charge in [0.2, 0.25) is 0 Å². The molecule has 0 radical (unpaired) electrons. The number of benzene rings is 3. The minimum Gasteiger partial charge on any atom is -0.386 e. The molecule has 3 aromatic carbocycles. The smallest absolute Gasteiger partial charge is 0.310 e. The average Bonchev–Trinajstić information content (AvgIpc) is 3.68. The third-order valence-electron chi connectivity index (χ3n) is 7.13. The molecule has 0 bridgehead atoms. The summed E-state index contributed by atoms with van der Waals surface area (Å²) in [6.07, 6.45) is 1.59. The van der Waals surface area contributed by atoms with E-state index < -0.39 is 23.0 Å². The summed E-state index contributed by atoms with van der Waals surface area (Å²) >= 11 is 0. The number of carbonyl (C=O) groups excluding carboxylic acids is 3. The number of amides is 3. The van der Waals surface area contributed by atoms with Crippen molar-refractivity contribution in [1.82, 2.24) is 16.0 Å². The van der Waals surface area contributed by atoms with E-state index in [1.165, 1.54) is 0 Å². The lowest BCUT2D eigenvalue weighted by molar-refractivity contribution is -0.139. The SMILES string of the molecule is CC1(O)CN(c2cc(C3(NC(=O)c4ccccc4CNC(=O)C(=O)NCC#N)CC3)c3ccccc3c2)C1. The quantitative estimate of drug-likeness (QED) is 0.283. The van der Waals surface area contributed by atoms with Gasteiger partial charge in [-0.15, -0.1) is 0 Å². The summed E-state index contributed by atoms with van der Waals surface area (Å²) in [7, 11) is 0. The molecule has 1 saturated carbocycles. The molecule has 1 aliphatic carbocycles. The summed E-state index contributed by atoms with van der Waals surface area (Å²) in [5.74, 6) is -2.04. The Balaban J connectivity index is 1.37. The number of rotatable bonds is 7. The minimum absolute atomic E-state index is 0.0112. The highest BCUT2D eigenvalue weighted by molar-refractivity contribution is 6.35. The van der Waals surface area contributed by atoms with Gasteiger partial charge in [-0.2, -0.15) is 5.26 Å². The average molecular weight is 512 g/mol. The number of nitriles is 1. The van der Waals surface area contributed by atoms with Crippen LogP contribution in [-0.4, -0.2) is 48.1 Å². The predicted molar refractivity (Wildman–Crippen MR) is 142 cm³/mol. The van der Waals surface area contributed by atoms with E-state index in [0.717, 1.165) is 34.9 Å². The van der Waals surface area contributed by atoms with Crippen LogP contribution in [0.25, 0.3) is 10.8 Å². The number of aliphatic hydroxyl groups is 1. The third kappa shape index (κ3) is 5.04. The van der Waals surface area contributed by atoms with Gasteiger partial charge in [-0.3, -0.25) is 14.4 Å². The number of β-amino-alcohol motifs (C(OH)–C–C–N with tert-alkyl or cyclic N) is 1. The van der Waals surface area contributed by atoms with E-state index in [4.69, 9.17) is 5.26 Å². The zero-order valence-electron chi connectivity index (χ0n) is 21.1. The molecule has 1 saturated heterocycles. The van der Waals surface area contributed by atoms with Crippen molar-refractivity contribution in [3.8, 4) is 6.07 Å². The van der Waals surface area contributed by atoms with Crippen LogP contribution in [0.5, 0.6) is 0 Å². The van der Waals surface area contributed by atoms with E-state index >= 15 is 0 Å². The molecule has 3 amide bonds. The topological polar surface area (TPSA) is 135 Å². The Kier molecular flexibility index (Phi) is 6.51. The lowest BCUT2D eigenvalue weighted by atomic mass is 9.92. The van der Waals surface area contributed by atoms with Crippen LogP contribution >= 0.6 is 0 Å². The Labute approximate surface area is 220 Å². The van der Waals surface area contributed by atoms with Crippen molar-refractivity contribution in [1.29, 1.82) is 5.26 Å². The summed E-state index contributed by atoms with van der Waals surface area (Å²) in [5, 5.41) is 28.9. The molecule has 0 aromatic heterocycles. The van der Waals surface area contributed by atoms with Gasteiger partial charge in [-0.1, -0.05) is 42.5 Å². The lowest BCUT2D eigenvalue weighted by Crippen LogP contribution is -2.60. The Bertz CT molecular complexity index is 1460. The molecule has 5 rings (SSSR count). The highest BCUT2D eigenvalue weighted by Gasteiger charge is 2.47. The molecule has 2 fully saturated rings. The third-order valence-corrected chi connectivity index (χ3v) is 7.13. The van der Waals surface area contributed by atoms with E-state index in [2.05, 4.69) is 45.1 Å². The Hall–Kier alpha value is -4.42. The summed E-state index contributed by atoms with van der Waals surface area (Å²) in [5.41, 5.74) is 1.83. The van der Waals surface area contributed by atoms with Crippen LogP contribution < -0.4 is 20.9 Å². The Morgan fingerprint density at radius 3 is 2.39 bits per heavy atom. The number of hydrogen-bond acceptors (Lipinski definition) is 6. The van der Waals surface area contributed by atoms with Crippen LogP contribution in [0.15, 0.2) is 60.7 Å². The van der Waals surface area contributed by atoms with Crippen molar-refractivity contribution in [3.05, 3.63) is 77.4 Å². The second-order valence-corrected chi connectivity index (χ2v) is 10.3. The molecule has 0 unspecified atom stereocenters. The fourth-order valence-corrected chi connectivity index (χ4v) is 5.06. The number of nitrogens with one attached hydrogen (secondary N) is 3. The maximum Gasteiger partial charge on any atom is 0.310 e. The van der Waals surface area contributed by atoms with Crippen LogP contribution in [0.3, 0.4) is 0 Å². The molecule has 2 aliphatic rings. The summed E-state index contributed by atoms with van der Waals surface area (Å²) in [4.78, 5) is 39.5. The maximum atomic E-state index is 13.5. The van der Waals surface area contributed by atoms with Gasteiger partial charge in [-0.25, -0.2) is 0 Å². The highest BCUT2D eigenvalue weighted by Crippen LogP contribution is 2.49. The number of nitrogens with zero attached hydrogens (tertiary/aromatic N) is 2. The molecule has 194 valence electrons. The fourth-order valence-electron chi connectivity index (χ4n) is 5.06. The molecule has 0 atom stereocenters.